The minimum Gasteiger partial charge on any atom is -0.466 e. The summed E-state index contributed by atoms with van der Waals surface area (Å²) in [4.78, 5) is 17.0. The van der Waals surface area contributed by atoms with Gasteiger partial charge in [-0.2, -0.15) is 0 Å². The van der Waals surface area contributed by atoms with E-state index in [-0.39, 0.29) is 5.91 Å². The monoisotopic (exact) mass is 249 g/mol. The van der Waals surface area contributed by atoms with Crippen LogP contribution in [-0.2, 0) is 16.1 Å². The maximum atomic E-state index is 11.8. The molecule has 0 N–H and O–H groups in total. The van der Waals surface area contributed by atoms with Crippen molar-refractivity contribution in [3.8, 4) is 0 Å². The summed E-state index contributed by atoms with van der Waals surface area (Å²) in [6.07, 6.45) is 3.30. The Hall–Kier alpha value is -1.29. The van der Waals surface area contributed by atoms with Crippen LogP contribution < -0.4 is 0 Å². The van der Waals surface area contributed by atoms with Gasteiger partial charge in [0.15, 0.2) is 0 Å². The molecule has 2 aliphatic rings. The van der Waals surface area contributed by atoms with Crippen LogP contribution in [0.3, 0.4) is 0 Å². The van der Waals surface area contributed by atoms with Gasteiger partial charge >= 0.3 is 0 Å². The van der Waals surface area contributed by atoms with Crippen molar-refractivity contribution in [3.05, 3.63) is 23.7 Å². The second-order valence-electron chi connectivity index (χ2n) is 5.31. The van der Waals surface area contributed by atoms with E-state index < -0.39 is 0 Å². The first-order chi connectivity index (χ1) is 8.74. The molecule has 1 saturated carbocycles. The first-order valence-electron chi connectivity index (χ1n) is 6.76. The molecule has 2 fully saturated rings. The molecule has 2 heterocycles. The molecular formula is C14H19NO3. The van der Waals surface area contributed by atoms with E-state index >= 15 is 0 Å². The topological polar surface area (TPSA) is 42.7 Å². The Morgan fingerprint density at radius 2 is 2.33 bits per heavy atom. The molecular weight excluding hydrogens is 230 g/mol. The van der Waals surface area contributed by atoms with Gasteiger partial charge in [-0.1, -0.05) is 6.92 Å². The molecule has 0 bridgehead atoms. The molecule has 1 aliphatic carbocycles. The first kappa shape index (κ1) is 11.8. The van der Waals surface area contributed by atoms with Crippen LogP contribution in [0.15, 0.2) is 16.5 Å². The number of hydrogen-bond acceptors (Lipinski definition) is 3. The van der Waals surface area contributed by atoms with Crippen LogP contribution in [0.4, 0.5) is 0 Å². The average molecular weight is 249 g/mol. The third-order valence-corrected chi connectivity index (χ3v) is 3.77. The molecule has 98 valence electrons. The highest BCUT2D eigenvalue weighted by atomic mass is 16.7. The Morgan fingerprint density at radius 3 is 3.00 bits per heavy atom. The zero-order valence-electron chi connectivity index (χ0n) is 10.7. The van der Waals surface area contributed by atoms with Gasteiger partial charge in [-0.3, -0.25) is 9.63 Å². The highest BCUT2D eigenvalue weighted by Crippen LogP contribution is 2.47. The predicted octanol–water partition coefficient (Wildman–Crippen LogP) is 2.50. The molecule has 1 aromatic heterocycles. The fourth-order valence-corrected chi connectivity index (χ4v) is 2.45. The van der Waals surface area contributed by atoms with Crippen molar-refractivity contribution in [2.45, 2.75) is 38.5 Å². The van der Waals surface area contributed by atoms with Crippen molar-refractivity contribution in [2.75, 3.05) is 13.2 Å². The quantitative estimate of drug-likeness (QED) is 0.823. The summed E-state index contributed by atoms with van der Waals surface area (Å²) < 4.78 is 5.78. The molecule has 1 amide bonds. The van der Waals surface area contributed by atoms with Crippen LogP contribution in [0.5, 0.6) is 0 Å². The summed E-state index contributed by atoms with van der Waals surface area (Å²) >= 11 is 0. The van der Waals surface area contributed by atoms with Gasteiger partial charge in [0.05, 0.1) is 13.2 Å². The van der Waals surface area contributed by atoms with E-state index in [0.29, 0.717) is 25.4 Å². The predicted molar refractivity (Wildman–Crippen MR) is 65.8 cm³/mol. The van der Waals surface area contributed by atoms with Crippen LogP contribution in [0.2, 0.25) is 0 Å². The number of hydrogen-bond donors (Lipinski definition) is 0. The lowest BCUT2D eigenvalue weighted by atomic mass is 10.2. The van der Waals surface area contributed by atoms with Crippen molar-refractivity contribution in [2.24, 2.45) is 5.92 Å². The average Bonchev–Trinajstić information content (AvgIpc) is 2.87. The lowest BCUT2D eigenvalue weighted by molar-refractivity contribution is -0.168. The smallest absolute Gasteiger partial charge is 0.246 e. The van der Waals surface area contributed by atoms with E-state index in [2.05, 4.69) is 13.0 Å². The van der Waals surface area contributed by atoms with Crippen LogP contribution in [0, 0.1) is 5.92 Å². The van der Waals surface area contributed by atoms with E-state index in [1.807, 2.05) is 6.07 Å². The molecule has 1 aromatic rings. The van der Waals surface area contributed by atoms with Gasteiger partial charge in [-0.25, -0.2) is 5.06 Å². The fraction of sp³-hybridized carbons (Fsp3) is 0.643. The zero-order valence-corrected chi connectivity index (χ0v) is 10.7. The van der Waals surface area contributed by atoms with E-state index in [0.717, 1.165) is 30.4 Å². The molecule has 0 spiro atoms. The van der Waals surface area contributed by atoms with Crippen LogP contribution in [-0.4, -0.2) is 24.1 Å². The molecule has 18 heavy (non-hydrogen) atoms. The molecule has 4 heteroatoms. The van der Waals surface area contributed by atoms with Gasteiger partial charge in [0, 0.05) is 18.8 Å². The standard InChI is InChI=1S/C14H19NO3/c1-10-9-12(10)13-5-3-11(18-13)4-6-14(16)15-7-2-8-17-15/h3,5,10,12H,2,4,6-9H2,1H3. The normalized spacial score (nSPS) is 26.6. The fourth-order valence-electron chi connectivity index (χ4n) is 2.45. The van der Waals surface area contributed by atoms with E-state index in [1.165, 1.54) is 11.5 Å². The largest absolute Gasteiger partial charge is 0.466 e. The highest BCUT2D eigenvalue weighted by Gasteiger charge is 2.36. The molecule has 0 radical (unpaired) electrons. The second-order valence-corrected chi connectivity index (χ2v) is 5.31. The number of rotatable bonds is 4. The Balaban J connectivity index is 1.50. The third-order valence-electron chi connectivity index (χ3n) is 3.77. The maximum absolute atomic E-state index is 11.8. The summed E-state index contributed by atoms with van der Waals surface area (Å²) in [5, 5.41) is 1.48. The van der Waals surface area contributed by atoms with Gasteiger partial charge < -0.3 is 4.42 Å². The highest BCUT2D eigenvalue weighted by molar-refractivity contribution is 5.75. The van der Waals surface area contributed by atoms with E-state index in [4.69, 9.17) is 9.25 Å². The summed E-state index contributed by atoms with van der Waals surface area (Å²) in [6.45, 7) is 3.62. The zero-order chi connectivity index (χ0) is 12.5. The van der Waals surface area contributed by atoms with Gasteiger partial charge in [0.1, 0.15) is 11.5 Å². The first-order valence-corrected chi connectivity index (χ1v) is 6.76. The summed E-state index contributed by atoms with van der Waals surface area (Å²) in [7, 11) is 0. The van der Waals surface area contributed by atoms with Crippen LogP contribution in [0.25, 0.3) is 0 Å². The van der Waals surface area contributed by atoms with Gasteiger partial charge in [0.25, 0.3) is 0 Å². The Bertz CT molecular complexity index is 434. The second kappa shape index (κ2) is 4.76. The van der Waals surface area contributed by atoms with E-state index in [9.17, 15) is 4.79 Å². The van der Waals surface area contributed by atoms with Crippen LogP contribution in [0.1, 0.15) is 43.6 Å². The Kier molecular flexibility index (Phi) is 3.12. The number of hydroxylamine groups is 2. The molecule has 1 aliphatic heterocycles. The van der Waals surface area contributed by atoms with Crippen LogP contribution >= 0.6 is 0 Å². The number of aryl methyl sites for hydroxylation is 1. The number of carbonyl (C=O) groups excluding carboxylic acids is 1. The Morgan fingerprint density at radius 1 is 1.50 bits per heavy atom. The molecule has 0 aromatic carbocycles. The van der Waals surface area contributed by atoms with E-state index in [1.54, 1.807) is 0 Å². The number of nitrogens with zero attached hydrogens (tertiary/aromatic N) is 1. The van der Waals surface area contributed by atoms with Crippen molar-refractivity contribution >= 4 is 5.91 Å². The van der Waals surface area contributed by atoms with Crippen molar-refractivity contribution in [1.82, 2.24) is 5.06 Å². The molecule has 2 atom stereocenters. The number of furan rings is 1. The third kappa shape index (κ3) is 2.43. The molecule has 2 unspecified atom stereocenters. The number of amides is 1. The SMILES string of the molecule is CC1CC1c1ccc(CCC(=O)N2CCCO2)o1. The minimum atomic E-state index is 0.0604. The molecule has 1 saturated heterocycles. The summed E-state index contributed by atoms with van der Waals surface area (Å²) in [6, 6.07) is 4.05. The summed E-state index contributed by atoms with van der Waals surface area (Å²) in [5.41, 5.74) is 0. The lowest BCUT2D eigenvalue weighted by Crippen LogP contribution is -2.26. The lowest BCUT2D eigenvalue weighted by Gasteiger charge is -2.12. The summed E-state index contributed by atoms with van der Waals surface area (Å²) in [5.74, 6) is 3.42. The van der Waals surface area contributed by atoms with Gasteiger partial charge in [-0.05, 0) is 30.9 Å². The minimum absolute atomic E-state index is 0.0604. The van der Waals surface area contributed by atoms with Crippen molar-refractivity contribution < 1.29 is 14.0 Å². The van der Waals surface area contributed by atoms with Gasteiger partial charge in [-0.15, -0.1) is 0 Å². The Labute approximate surface area is 107 Å². The molecule has 3 rings (SSSR count). The maximum Gasteiger partial charge on any atom is 0.246 e. The van der Waals surface area contributed by atoms with Crippen molar-refractivity contribution in [1.29, 1.82) is 0 Å². The number of carbonyl (C=O) groups is 1. The molecule has 4 nitrogen and oxygen atoms in total. The van der Waals surface area contributed by atoms with Gasteiger partial charge in [0.2, 0.25) is 5.91 Å². The van der Waals surface area contributed by atoms with Crippen molar-refractivity contribution in [3.63, 3.8) is 0 Å².